The van der Waals surface area contributed by atoms with Gasteiger partial charge in [0.1, 0.15) is 0 Å². The number of amides is 2. The number of pyridine rings is 1. The van der Waals surface area contributed by atoms with Gasteiger partial charge < -0.3 is 10.6 Å². The van der Waals surface area contributed by atoms with Crippen molar-refractivity contribution in [1.29, 1.82) is 0 Å². The zero-order valence-electron chi connectivity index (χ0n) is 19.5. The second-order valence-electron chi connectivity index (χ2n) is 9.31. The van der Waals surface area contributed by atoms with E-state index in [-0.39, 0.29) is 23.7 Å². The van der Waals surface area contributed by atoms with Gasteiger partial charge in [0.15, 0.2) is 0 Å². The van der Waals surface area contributed by atoms with Crippen molar-refractivity contribution < 1.29 is 9.59 Å². The second-order valence-corrected chi connectivity index (χ2v) is 9.63. The van der Waals surface area contributed by atoms with Crippen molar-refractivity contribution in [3.63, 3.8) is 0 Å². The zero-order valence-corrected chi connectivity index (χ0v) is 20.4. The number of hydrogen-bond donors (Lipinski definition) is 3. The molecule has 2 atom stereocenters. The molecule has 2 aliphatic rings. The van der Waals surface area contributed by atoms with Crippen LogP contribution in [0.25, 0.3) is 10.8 Å². The molecule has 0 spiro atoms. The molecule has 2 aliphatic carbocycles. The van der Waals surface area contributed by atoms with Crippen LogP contribution < -0.4 is 10.6 Å². The van der Waals surface area contributed by atoms with Crippen molar-refractivity contribution in [3.8, 4) is 0 Å². The number of fused-ring (bicyclic) bond motifs is 1. The number of aromatic nitrogens is 1. The van der Waals surface area contributed by atoms with Crippen molar-refractivity contribution in [2.75, 3.05) is 17.6 Å². The first kappa shape index (κ1) is 23.4. The van der Waals surface area contributed by atoms with Gasteiger partial charge in [-0.3, -0.25) is 14.6 Å². The number of anilines is 1. The van der Waals surface area contributed by atoms with Gasteiger partial charge in [-0.15, -0.1) is 0 Å². The zero-order chi connectivity index (χ0) is 24.2. The summed E-state index contributed by atoms with van der Waals surface area (Å²) in [6.45, 7) is 0.522. The maximum atomic E-state index is 12.8. The molecule has 0 radical (unpaired) electrons. The van der Waals surface area contributed by atoms with Crippen LogP contribution in [0.15, 0.2) is 84.2 Å². The van der Waals surface area contributed by atoms with Gasteiger partial charge in [0.25, 0.3) is 5.91 Å². The molecule has 5 nitrogen and oxygen atoms in total. The van der Waals surface area contributed by atoms with Gasteiger partial charge in [-0.2, -0.15) is 12.6 Å². The van der Waals surface area contributed by atoms with Gasteiger partial charge in [0.2, 0.25) is 5.91 Å². The highest BCUT2D eigenvalue weighted by Crippen LogP contribution is 2.48. The molecule has 6 heteroatoms. The van der Waals surface area contributed by atoms with Gasteiger partial charge in [0.05, 0.1) is 0 Å². The van der Waals surface area contributed by atoms with Gasteiger partial charge in [0, 0.05) is 47.2 Å². The first-order valence-electron chi connectivity index (χ1n) is 12.1. The van der Waals surface area contributed by atoms with E-state index in [0.29, 0.717) is 12.1 Å². The first-order chi connectivity index (χ1) is 17.1. The Labute approximate surface area is 211 Å². The highest BCUT2D eigenvalue weighted by molar-refractivity contribution is 7.80. The highest BCUT2D eigenvalue weighted by Gasteiger charge is 2.43. The predicted octanol–water partition coefficient (Wildman–Crippen LogP) is 5.67. The van der Waals surface area contributed by atoms with E-state index >= 15 is 0 Å². The van der Waals surface area contributed by atoms with Crippen molar-refractivity contribution >= 4 is 40.9 Å². The number of thiol groups is 1. The van der Waals surface area contributed by atoms with E-state index < -0.39 is 0 Å². The van der Waals surface area contributed by atoms with Crippen LogP contribution in [0.1, 0.15) is 47.5 Å². The number of benzene rings is 2. The lowest BCUT2D eigenvalue weighted by molar-refractivity contribution is -0.117. The Kier molecular flexibility index (Phi) is 7.00. The summed E-state index contributed by atoms with van der Waals surface area (Å²) in [4.78, 5) is 29.5. The number of carbonyl (C=O) groups excluding carboxylic acids is 2. The largest absolute Gasteiger partial charge is 0.348 e. The maximum absolute atomic E-state index is 12.8. The molecule has 2 amide bonds. The van der Waals surface area contributed by atoms with E-state index in [9.17, 15) is 9.59 Å². The van der Waals surface area contributed by atoms with Crippen LogP contribution >= 0.6 is 12.6 Å². The molecule has 1 aromatic heterocycles. The van der Waals surface area contributed by atoms with E-state index in [1.54, 1.807) is 6.20 Å². The Morgan fingerprint density at radius 2 is 1.91 bits per heavy atom. The first-order valence-corrected chi connectivity index (χ1v) is 12.8. The Bertz CT molecular complexity index is 1310. The molecule has 1 saturated carbocycles. The van der Waals surface area contributed by atoms with E-state index in [0.717, 1.165) is 59.0 Å². The van der Waals surface area contributed by atoms with Crippen molar-refractivity contribution in [1.82, 2.24) is 10.3 Å². The number of rotatable bonds is 7. The fourth-order valence-electron chi connectivity index (χ4n) is 4.67. The molecule has 2 N–H and O–H groups in total. The molecule has 2 aromatic carbocycles. The second kappa shape index (κ2) is 10.5. The number of nitrogens with one attached hydrogen (secondary N) is 2. The quantitative estimate of drug-likeness (QED) is 0.379. The minimum atomic E-state index is -0.0842. The SMILES string of the molecule is O=C(NCC1=CCCCC(CS)=C1)c1ccc(C2CC2C(=O)Nc2ccc3cnccc3c2)cc1. The maximum Gasteiger partial charge on any atom is 0.251 e. The number of hydrogen-bond acceptors (Lipinski definition) is 4. The Morgan fingerprint density at radius 3 is 2.74 bits per heavy atom. The van der Waals surface area contributed by atoms with Crippen LogP contribution in [0.5, 0.6) is 0 Å². The van der Waals surface area contributed by atoms with Crippen LogP contribution in [-0.2, 0) is 4.79 Å². The summed E-state index contributed by atoms with van der Waals surface area (Å²) >= 11 is 4.40. The van der Waals surface area contributed by atoms with Gasteiger partial charge >= 0.3 is 0 Å². The van der Waals surface area contributed by atoms with E-state index in [1.807, 2.05) is 54.7 Å². The molecular formula is C29H29N3O2S. The Balaban J connectivity index is 1.15. The lowest BCUT2D eigenvalue weighted by atomic mass is 10.1. The summed E-state index contributed by atoms with van der Waals surface area (Å²) in [5.41, 5.74) is 4.99. The monoisotopic (exact) mass is 483 g/mol. The Hall–Kier alpha value is -3.38. The normalized spacial score (nSPS) is 19.3. The van der Waals surface area contributed by atoms with Crippen LogP contribution in [0.3, 0.4) is 0 Å². The predicted molar refractivity (Wildman–Crippen MR) is 144 cm³/mol. The van der Waals surface area contributed by atoms with Crippen molar-refractivity contribution in [3.05, 3.63) is 95.3 Å². The third-order valence-corrected chi connectivity index (χ3v) is 7.20. The lowest BCUT2D eigenvalue weighted by Crippen LogP contribution is -2.25. The molecule has 35 heavy (non-hydrogen) atoms. The fourth-order valence-corrected chi connectivity index (χ4v) is 4.92. The Morgan fingerprint density at radius 1 is 1.06 bits per heavy atom. The molecule has 178 valence electrons. The number of allylic oxidation sites excluding steroid dienone is 1. The molecule has 0 saturated heterocycles. The summed E-state index contributed by atoms with van der Waals surface area (Å²) in [5, 5.41) is 8.17. The van der Waals surface area contributed by atoms with Gasteiger partial charge in [-0.25, -0.2) is 0 Å². The van der Waals surface area contributed by atoms with E-state index in [4.69, 9.17) is 0 Å². The van der Waals surface area contributed by atoms with Crippen LogP contribution in [0.4, 0.5) is 5.69 Å². The summed E-state index contributed by atoms with van der Waals surface area (Å²) in [7, 11) is 0. The molecule has 0 aliphatic heterocycles. The molecule has 5 rings (SSSR count). The van der Waals surface area contributed by atoms with Gasteiger partial charge in [-0.1, -0.05) is 35.9 Å². The van der Waals surface area contributed by atoms with Crippen molar-refractivity contribution in [2.24, 2.45) is 5.92 Å². The molecule has 3 aromatic rings. The van der Waals surface area contributed by atoms with Crippen LogP contribution in [-0.4, -0.2) is 29.1 Å². The molecule has 0 bridgehead atoms. The van der Waals surface area contributed by atoms with Gasteiger partial charge in [-0.05, 0) is 78.5 Å². The summed E-state index contributed by atoms with van der Waals surface area (Å²) in [5.74, 6) is 0.859. The summed E-state index contributed by atoms with van der Waals surface area (Å²) in [6, 6.07) is 15.4. The lowest BCUT2D eigenvalue weighted by Gasteiger charge is -2.08. The topological polar surface area (TPSA) is 71.1 Å². The number of carbonyl (C=O) groups is 2. The minimum absolute atomic E-state index is 0.0375. The fraction of sp³-hybridized carbons (Fsp3) is 0.276. The minimum Gasteiger partial charge on any atom is -0.348 e. The summed E-state index contributed by atoms with van der Waals surface area (Å²) < 4.78 is 0. The summed E-state index contributed by atoms with van der Waals surface area (Å²) in [6.07, 6.45) is 12.0. The number of nitrogens with zero attached hydrogens (tertiary/aromatic N) is 1. The van der Waals surface area contributed by atoms with Crippen LogP contribution in [0.2, 0.25) is 0 Å². The molecule has 1 heterocycles. The smallest absolute Gasteiger partial charge is 0.251 e. The molecule has 2 unspecified atom stereocenters. The van der Waals surface area contributed by atoms with Crippen molar-refractivity contribution in [2.45, 2.75) is 31.6 Å². The average molecular weight is 484 g/mol. The van der Waals surface area contributed by atoms with E-state index in [1.165, 1.54) is 5.57 Å². The van der Waals surface area contributed by atoms with E-state index in [2.05, 4.69) is 40.4 Å². The van der Waals surface area contributed by atoms with Crippen LogP contribution in [0, 0.1) is 5.92 Å². The average Bonchev–Trinajstić information content (AvgIpc) is 3.72. The third kappa shape index (κ3) is 5.65. The highest BCUT2D eigenvalue weighted by atomic mass is 32.1. The molecule has 1 fully saturated rings. The standard InChI is InChI=1S/C29H29N3O2S/c33-28(31-16-19-3-1-2-4-20(13-19)18-35)22-7-5-21(6-8-22)26-15-27(26)29(34)32-25-10-9-24-17-30-12-11-23(24)14-25/h3,5-14,17,26-27,35H,1-2,4,15-16,18H2,(H,31,33)(H,32,34). The third-order valence-electron chi connectivity index (χ3n) is 6.79. The molecular weight excluding hydrogens is 454 g/mol.